The van der Waals surface area contributed by atoms with E-state index in [2.05, 4.69) is 34.1 Å². The number of aromatic nitrogens is 1. The Labute approximate surface area is 101 Å². The predicted molar refractivity (Wildman–Crippen MR) is 71.2 cm³/mol. The van der Waals surface area contributed by atoms with Crippen LogP contribution in [0.15, 0.2) is 36.5 Å². The van der Waals surface area contributed by atoms with Gasteiger partial charge in [0.2, 0.25) is 0 Å². The molecule has 17 heavy (non-hydrogen) atoms. The summed E-state index contributed by atoms with van der Waals surface area (Å²) in [6.07, 6.45) is 4.01. The average Bonchev–Trinajstić information content (AvgIpc) is 2.39. The van der Waals surface area contributed by atoms with Crippen molar-refractivity contribution in [2.45, 2.75) is 18.9 Å². The Morgan fingerprint density at radius 1 is 1.12 bits per heavy atom. The van der Waals surface area contributed by atoms with Gasteiger partial charge in [-0.25, -0.2) is 0 Å². The minimum Gasteiger partial charge on any atom is -0.370 e. The quantitative estimate of drug-likeness (QED) is 0.811. The highest BCUT2D eigenvalue weighted by molar-refractivity contribution is 5.90. The van der Waals surface area contributed by atoms with E-state index in [-0.39, 0.29) is 0 Å². The van der Waals surface area contributed by atoms with Crippen molar-refractivity contribution in [1.29, 1.82) is 0 Å². The van der Waals surface area contributed by atoms with E-state index >= 15 is 0 Å². The summed E-state index contributed by atoms with van der Waals surface area (Å²) >= 11 is 0. The number of pyridine rings is 1. The molecule has 3 heteroatoms. The van der Waals surface area contributed by atoms with Crippen molar-refractivity contribution in [3.8, 4) is 0 Å². The van der Waals surface area contributed by atoms with E-state index in [0.29, 0.717) is 6.04 Å². The molecule has 3 rings (SSSR count). The van der Waals surface area contributed by atoms with E-state index in [9.17, 15) is 0 Å². The highest BCUT2D eigenvalue weighted by Crippen LogP contribution is 2.26. The molecule has 1 aromatic carbocycles. The molecule has 0 bridgehead atoms. The van der Waals surface area contributed by atoms with Crippen LogP contribution in [0, 0.1) is 0 Å². The molecule has 0 aliphatic carbocycles. The number of hydrogen-bond acceptors (Lipinski definition) is 3. The van der Waals surface area contributed by atoms with Crippen LogP contribution in [0.4, 0.5) is 5.69 Å². The Hall–Kier alpha value is -1.61. The summed E-state index contributed by atoms with van der Waals surface area (Å²) < 4.78 is 0. The molecule has 1 aliphatic heterocycles. The number of anilines is 1. The number of para-hydroxylation sites is 1. The Balaban J connectivity index is 2.00. The Kier molecular flexibility index (Phi) is 2.69. The monoisotopic (exact) mass is 227 g/mol. The minimum atomic E-state index is 0.370. The molecule has 88 valence electrons. The third-order valence-electron chi connectivity index (χ3n) is 3.49. The first-order chi connectivity index (χ1) is 8.34. The lowest BCUT2D eigenvalue weighted by molar-refractivity contribution is 0.502. The first-order valence-corrected chi connectivity index (χ1v) is 6.19. The second-order valence-electron chi connectivity index (χ2n) is 4.68. The molecule has 0 radical (unpaired) electrons. The topological polar surface area (TPSA) is 42.1 Å². The van der Waals surface area contributed by atoms with Gasteiger partial charge in [-0.15, -0.1) is 0 Å². The lowest BCUT2D eigenvalue weighted by Gasteiger charge is -2.32. The molecular formula is C14H17N3. The number of nitrogens with zero attached hydrogens (tertiary/aromatic N) is 2. The van der Waals surface area contributed by atoms with Gasteiger partial charge in [0, 0.05) is 30.7 Å². The van der Waals surface area contributed by atoms with Gasteiger partial charge in [0.15, 0.2) is 0 Å². The fourth-order valence-electron chi connectivity index (χ4n) is 2.48. The molecule has 1 saturated heterocycles. The summed E-state index contributed by atoms with van der Waals surface area (Å²) in [6, 6.07) is 10.8. The van der Waals surface area contributed by atoms with Crippen LogP contribution in [0.3, 0.4) is 0 Å². The van der Waals surface area contributed by atoms with Crippen LogP contribution in [0.2, 0.25) is 0 Å². The predicted octanol–water partition coefficient (Wildman–Crippen LogP) is 2.16. The standard InChI is InChI=1S/C14H17N3/c15-12-6-9-17(10-7-12)13-5-1-3-11-4-2-8-16-14(11)13/h1-5,8,12H,6-7,9-10,15H2. The molecule has 1 aliphatic rings. The summed E-state index contributed by atoms with van der Waals surface area (Å²) in [5.41, 5.74) is 8.29. The molecule has 3 nitrogen and oxygen atoms in total. The smallest absolute Gasteiger partial charge is 0.0935 e. The van der Waals surface area contributed by atoms with Crippen LogP contribution in [-0.4, -0.2) is 24.1 Å². The molecule has 0 saturated carbocycles. The van der Waals surface area contributed by atoms with Crippen LogP contribution in [0.5, 0.6) is 0 Å². The fraction of sp³-hybridized carbons (Fsp3) is 0.357. The molecule has 0 unspecified atom stereocenters. The largest absolute Gasteiger partial charge is 0.370 e. The third-order valence-corrected chi connectivity index (χ3v) is 3.49. The molecule has 2 aromatic rings. The van der Waals surface area contributed by atoms with Crippen molar-refractivity contribution in [1.82, 2.24) is 4.98 Å². The van der Waals surface area contributed by atoms with Crippen molar-refractivity contribution >= 4 is 16.6 Å². The zero-order chi connectivity index (χ0) is 11.7. The van der Waals surface area contributed by atoms with Crippen LogP contribution in [0.1, 0.15) is 12.8 Å². The first kappa shape index (κ1) is 10.5. The summed E-state index contributed by atoms with van der Waals surface area (Å²) in [6.45, 7) is 2.08. The van der Waals surface area contributed by atoms with Crippen LogP contribution < -0.4 is 10.6 Å². The SMILES string of the molecule is NC1CCN(c2cccc3cccnc23)CC1. The molecule has 0 spiro atoms. The number of fused-ring (bicyclic) bond motifs is 1. The van der Waals surface area contributed by atoms with E-state index in [0.717, 1.165) is 31.4 Å². The van der Waals surface area contributed by atoms with Crippen molar-refractivity contribution in [2.75, 3.05) is 18.0 Å². The summed E-state index contributed by atoms with van der Waals surface area (Å²) in [5.74, 6) is 0. The van der Waals surface area contributed by atoms with Gasteiger partial charge in [0.05, 0.1) is 11.2 Å². The van der Waals surface area contributed by atoms with Crippen molar-refractivity contribution < 1.29 is 0 Å². The molecule has 0 atom stereocenters. The maximum atomic E-state index is 5.95. The summed E-state index contributed by atoms with van der Waals surface area (Å²) in [5, 5.41) is 1.21. The molecule has 1 aromatic heterocycles. The van der Waals surface area contributed by atoms with Crippen molar-refractivity contribution in [3.05, 3.63) is 36.5 Å². The second-order valence-corrected chi connectivity index (χ2v) is 4.68. The van der Waals surface area contributed by atoms with Crippen LogP contribution in [-0.2, 0) is 0 Å². The lowest BCUT2D eigenvalue weighted by Crippen LogP contribution is -2.39. The number of nitrogens with two attached hydrogens (primary N) is 1. The van der Waals surface area contributed by atoms with Crippen LogP contribution >= 0.6 is 0 Å². The Morgan fingerprint density at radius 3 is 2.71 bits per heavy atom. The fourth-order valence-corrected chi connectivity index (χ4v) is 2.48. The molecular weight excluding hydrogens is 210 g/mol. The number of hydrogen-bond donors (Lipinski definition) is 1. The van der Waals surface area contributed by atoms with Crippen molar-refractivity contribution in [3.63, 3.8) is 0 Å². The van der Waals surface area contributed by atoms with Gasteiger partial charge in [0.25, 0.3) is 0 Å². The summed E-state index contributed by atoms with van der Waals surface area (Å²) in [4.78, 5) is 6.90. The van der Waals surface area contributed by atoms with E-state index in [1.165, 1.54) is 11.1 Å². The summed E-state index contributed by atoms with van der Waals surface area (Å²) in [7, 11) is 0. The molecule has 0 amide bonds. The Morgan fingerprint density at radius 2 is 1.88 bits per heavy atom. The third kappa shape index (κ3) is 1.98. The van der Waals surface area contributed by atoms with Gasteiger partial charge in [-0.1, -0.05) is 18.2 Å². The number of benzene rings is 1. The van der Waals surface area contributed by atoms with Gasteiger partial charge in [0.1, 0.15) is 0 Å². The van der Waals surface area contributed by atoms with Gasteiger partial charge >= 0.3 is 0 Å². The van der Waals surface area contributed by atoms with E-state index < -0.39 is 0 Å². The van der Waals surface area contributed by atoms with E-state index in [4.69, 9.17) is 5.73 Å². The zero-order valence-electron chi connectivity index (χ0n) is 9.84. The molecule has 2 heterocycles. The lowest BCUT2D eigenvalue weighted by atomic mass is 10.0. The maximum Gasteiger partial charge on any atom is 0.0935 e. The number of piperidine rings is 1. The average molecular weight is 227 g/mol. The van der Waals surface area contributed by atoms with E-state index in [1.807, 2.05) is 12.3 Å². The Bertz CT molecular complexity index is 510. The van der Waals surface area contributed by atoms with Gasteiger partial charge < -0.3 is 10.6 Å². The van der Waals surface area contributed by atoms with Crippen molar-refractivity contribution in [2.24, 2.45) is 5.73 Å². The van der Waals surface area contributed by atoms with E-state index in [1.54, 1.807) is 0 Å². The maximum absolute atomic E-state index is 5.95. The van der Waals surface area contributed by atoms with Gasteiger partial charge in [-0.05, 0) is 25.0 Å². The van der Waals surface area contributed by atoms with Crippen LogP contribution in [0.25, 0.3) is 10.9 Å². The number of rotatable bonds is 1. The second kappa shape index (κ2) is 4.34. The highest BCUT2D eigenvalue weighted by Gasteiger charge is 2.17. The minimum absolute atomic E-state index is 0.370. The first-order valence-electron chi connectivity index (χ1n) is 6.19. The molecule has 1 fully saturated rings. The highest BCUT2D eigenvalue weighted by atomic mass is 15.1. The van der Waals surface area contributed by atoms with Gasteiger partial charge in [-0.3, -0.25) is 4.98 Å². The normalized spacial score (nSPS) is 17.6. The molecule has 2 N–H and O–H groups in total. The van der Waals surface area contributed by atoms with Gasteiger partial charge in [-0.2, -0.15) is 0 Å². The zero-order valence-corrected chi connectivity index (χ0v) is 9.84.